The van der Waals surface area contributed by atoms with Gasteiger partial charge in [0, 0.05) is 5.39 Å². The SMILES string of the molecule is Cc1ccc(S(=O)(=O)c2cc(S(=O)(=O)c3ccc(C)cc3)c3nc(N)ccc3c2O)cc1. The summed E-state index contributed by atoms with van der Waals surface area (Å²) in [6.07, 6.45) is 0. The van der Waals surface area contributed by atoms with E-state index in [0.29, 0.717) is 0 Å². The van der Waals surface area contributed by atoms with E-state index in [1.165, 1.54) is 36.4 Å². The van der Waals surface area contributed by atoms with E-state index in [1.807, 2.05) is 13.8 Å². The summed E-state index contributed by atoms with van der Waals surface area (Å²) in [4.78, 5) is 3.12. The molecule has 9 heteroatoms. The second-order valence-corrected chi connectivity index (χ2v) is 11.3. The minimum Gasteiger partial charge on any atom is -0.506 e. The van der Waals surface area contributed by atoms with E-state index in [0.717, 1.165) is 17.2 Å². The lowest BCUT2D eigenvalue weighted by Crippen LogP contribution is -2.09. The molecule has 0 atom stereocenters. The van der Waals surface area contributed by atoms with Gasteiger partial charge < -0.3 is 10.8 Å². The molecule has 0 saturated carbocycles. The highest BCUT2D eigenvalue weighted by Crippen LogP contribution is 2.40. The van der Waals surface area contributed by atoms with Crippen molar-refractivity contribution in [2.24, 2.45) is 0 Å². The number of anilines is 1. The first-order valence-electron chi connectivity index (χ1n) is 9.57. The summed E-state index contributed by atoms with van der Waals surface area (Å²) >= 11 is 0. The smallest absolute Gasteiger partial charge is 0.210 e. The van der Waals surface area contributed by atoms with E-state index in [1.54, 1.807) is 24.3 Å². The summed E-state index contributed by atoms with van der Waals surface area (Å²) in [6, 6.07) is 15.9. The molecule has 0 spiro atoms. The Kier molecular flexibility index (Phi) is 5.18. The minimum atomic E-state index is -4.23. The van der Waals surface area contributed by atoms with Gasteiger partial charge in [-0.2, -0.15) is 0 Å². The number of pyridine rings is 1. The number of sulfone groups is 2. The van der Waals surface area contributed by atoms with Crippen molar-refractivity contribution in [1.29, 1.82) is 0 Å². The van der Waals surface area contributed by atoms with Gasteiger partial charge in [-0.1, -0.05) is 35.4 Å². The van der Waals surface area contributed by atoms with Crippen LogP contribution in [0.1, 0.15) is 11.1 Å². The Balaban J connectivity index is 2.07. The fourth-order valence-electron chi connectivity index (χ4n) is 3.34. The zero-order chi connectivity index (χ0) is 23.3. The summed E-state index contributed by atoms with van der Waals surface area (Å²) in [5.41, 5.74) is 7.38. The van der Waals surface area contributed by atoms with Crippen LogP contribution in [-0.2, 0) is 19.7 Å². The molecule has 0 aliphatic carbocycles. The Morgan fingerprint density at radius 1 is 0.719 bits per heavy atom. The van der Waals surface area contributed by atoms with Crippen LogP contribution in [0.2, 0.25) is 0 Å². The van der Waals surface area contributed by atoms with Crippen molar-refractivity contribution in [1.82, 2.24) is 4.98 Å². The van der Waals surface area contributed by atoms with Crippen molar-refractivity contribution in [2.45, 2.75) is 33.4 Å². The van der Waals surface area contributed by atoms with Crippen LogP contribution < -0.4 is 5.73 Å². The molecule has 32 heavy (non-hydrogen) atoms. The van der Waals surface area contributed by atoms with Gasteiger partial charge in [0.2, 0.25) is 19.7 Å². The van der Waals surface area contributed by atoms with Gasteiger partial charge in [0.05, 0.1) is 20.2 Å². The Morgan fingerprint density at radius 2 is 1.19 bits per heavy atom. The van der Waals surface area contributed by atoms with Gasteiger partial charge >= 0.3 is 0 Å². The highest BCUT2D eigenvalue weighted by atomic mass is 32.2. The molecule has 1 aromatic heterocycles. The number of nitrogens with zero attached hydrogens (tertiary/aromatic N) is 1. The van der Waals surface area contributed by atoms with E-state index < -0.39 is 30.3 Å². The highest BCUT2D eigenvalue weighted by molar-refractivity contribution is 7.92. The van der Waals surface area contributed by atoms with Crippen LogP contribution >= 0.6 is 0 Å². The third-order valence-corrected chi connectivity index (χ3v) is 8.71. The molecule has 4 rings (SSSR count). The third kappa shape index (κ3) is 3.59. The van der Waals surface area contributed by atoms with Crippen LogP contribution in [0.15, 0.2) is 86.3 Å². The van der Waals surface area contributed by atoms with Crippen LogP contribution in [-0.4, -0.2) is 26.9 Å². The average Bonchev–Trinajstić information content (AvgIpc) is 2.74. The first-order valence-corrected chi connectivity index (χ1v) is 12.5. The quantitative estimate of drug-likeness (QED) is 0.466. The monoisotopic (exact) mass is 468 g/mol. The number of aryl methyl sites for hydroxylation is 2. The molecule has 0 saturated heterocycles. The first kappa shape index (κ1) is 21.8. The lowest BCUT2D eigenvalue weighted by atomic mass is 10.2. The molecule has 7 nitrogen and oxygen atoms in total. The minimum absolute atomic E-state index is 0.0296. The van der Waals surface area contributed by atoms with Crippen LogP contribution in [0.3, 0.4) is 0 Å². The first-order chi connectivity index (χ1) is 15.0. The molecule has 0 unspecified atom stereocenters. The van der Waals surface area contributed by atoms with Crippen molar-refractivity contribution in [3.63, 3.8) is 0 Å². The fourth-order valence-corrected chi connectivity index (χ4v) is 6.23. The summed E-state index contributed by atoms with van der Waals surface area (Å²) in [6.45, 7) is 3.63. The zero-order valence-electron chi connectivity index (χ0n) is 17.3. The number of hydrogen-bond donors (Lipinski definition) is 2. The molecule has 4 aromatic rings. The summed E-state index contributed by atoms with van der Waals surface area (Å²) in [7, 11) is -8.41. The van der Waals surface area contributed by atoms with Crippen LogP contribution in [0.25, 0.3) is 10.9 Å². The van der Waals surface area contributed by atoms with Gasteiger partial charge in [-0.15, -0.1) is 0 Å². The fraction of sp³-hybridized carbons (Fsp3) is 0.0870. The maximum atomic E-state index is 13.5. The standard InChI is InChI=1S/C23H20N2O5S2/c1-14-3-7-16(8-4-14)31(27,28)19-13-20(23(26)18-11-12-21(24)25-22(18)19)32(29,30)17-9-5-15(2)6-10-17/h3-13,26H,1-2H3,(H2,24,25). The Labute approximate surface area is 186 Å². The molecular formula is C23H20N2O5S2. The van der Waals surface area contributed by atoms with Gasteiger partial charge in [0.15, 0.2) is 0 Å². The van der Waals surface area contributed by atoms with E-state index in [-0.39, 0.29) is 31.4 Å². The number of benzene rings is 3. The lowest BCUT2D eigenvalue weighted by molar-refractivity contribution is 0.464. The van der Waals surface area contributed by atoms with Crippen molar-refractivity contribution < 1.29 is 21.9 Å². The van der Waals surface area contributed by atoms with Crippen molar-refractivity contribution in [2.75, 3.05) is 5.73 Å². The number of phenolic OH excluding ortho intramolecular Hbond substituents is 1. The Hall–Kier alpha value is -3.43. The van der Waals surface area contributed by atoms with Crippen molar-refractivity contribution in [3.8, 4) is 5.75 Å². The second-order valence-electron chi connectivity index (χ2n) is 7.49. The van der Waals surface area contributed by atoms with Crippen LogP contribution in [0, 0.1) is 13.8 Å². The highest BCUT2D eigenvalue weighted by Gasteiger charge is 2.30. The number of nitrogens with two attached hydrogens (primary N) is 1. The number of phenols is 1. The molecule has 1 heterocycles. The van der Waals surface area contributed by atoms with E-state index in [4.69, 9.17) is 5.73 Å². The molecule has 0 amide bonds. The van der Waals surface area contributed by atoms with E-state index in [9.17, 15) is 21.9 Å². The number of rotatable bonds is 4. The van der Waals surface area contributed by atoms with E-state index in [2.05, 4.69) is 4.98 Å². The predicted octanol–water partition coefficient (Wildman–Crippen LogP) is 3.81. The van der Waals surface area contributed by atoms with Gasteiger partial charge in [-0.3, -0.25) is 0 Å². The molecule has 0 bridgehead atoms. The van der Waals surface area contributed by atoms with Gasteiger partial charge in [-0.25, -0.2) is 21.8 Å². The third-order valence-electron chi connectivity index (χ3n) is 5.14. The van der Waals surface area contributed by atoms with Gasteiger partial charge in [-0.05, 0) is 56.3 Å². The summed E-state index contributed by atoms with van der Waals surface area (Å²) in [5.74, 6) is -0.553. The van der Waals surface area contributed by atoms with Crippen molar-refractivity contribution in [3.05, 3.63) is 77.9 Å². The summed E-state index contributed by atoms with van der Waals surface area (Å²) < 4.78 is 53.6. The molecule has 0 aliphatic heterocycles. The number of fused-ring (bicyclic) bond motifs is 1. The zero-order valence-corrected chi connectivity index (χ0v) is 18.9. The normalized spacial score (nSPS) is 12.2. The maximum absolute atomic E-state index is 13.5. The van der Waals surface area contributed by atoms with Gasteiger partial charge in [0.25, 0.3) is 0 Å². The molecule has 3 N–H and O–H groups in total. The second kappa shape index (κ2) is 7.61. The largest absolute Gasteiger partial charge is 0.506 e. The Morgan fingerprint density at radius 3 is 1.69 bits per heavy atom. The molecule has 0 aliphatic rings. The lowest BCUT2D eigenvalue weighted by Gasteiger charge is -2.14. The molecule has 0 radical (unpaired) electrons. The van der Waals surface area contributed by atoms with E-state index >= 15 is 0 Å². The van der Waals surface area contributed by atoms with Crippen molar-refractivity contribution >= 4 is 36.4 Å². The Bertz CT molecular complexity index is 1560. The molecular weight excluding hydrogens is 448 g/mol. The summed E-state index contributed by atoms with van der Waals surface area (Å²) in [5, 5.41) is 10.8. The molecule has 3 aromatic carbocycles. The number of nitrogen functional groups attached to an aromatic ring is 1. The topological polar surface area (TPSA) is 127 Å². The van der Waals surface area contributed by atoms with Crippen LogP contribution in [0.5, 0.6) is 5.75 Å². The predicted molar refractivity (Wildman–Crippen MR) is 121 cm³/mol. The number of aromatic hydroxyl groups is 1. The number of hydrogen-bond acceptors (Lipinski definition) is 7. The average molecular weight is 469 g/mol. The molecule has 0 fully saturated rings. The van der Waals surface area contributed by atoms with Crippen LogP contribution in [0.4, 0.5) is 5.82 Å². The maximum Gasteiger partial charge on any atom is 0.210 e. The molecule has 164 valence electrons. The van der Waals surface area contributed by atoms with Gasteiger partial charge in [0.1, 0.15) is 16.5 Å². The number of aromatic nitrogens is 1.